The van der Waals surface area contributed by atoms with E-state index in [1.807, 2.05) is 30.3 Å². The Balaban J connectivity index is 2.78. The van der Waals surface area contributed by atoms with Crippen LogP contribution >= 0.6 is 0 Å². The highest BCUT2D eigenvalue weighted by molar-refractivity contribution is 5.20. The smallest absolute Gasteiger partial charge is 0.255 e. The van der Waals surface area contributed by atoms with E-state index in [1.54, 1.807) is 0 Å². The van der Waals surface area contributed by atoms with Crippen molar-refractivity contribution in [2.45, 2.75) is 6.10 Å². The Morgan fingerprint density at radius 2 is 1.85 bits per heavy atom. The zero-order valence-electron chi connectivity index (χ0n) is 7.73. The second kappa shape index (κ2) is 4.97. The summed E-state index contributed by atoms with van der Waals surface area (Å²) >= 11 is 0. The molecule has 0 heterocycles. The Morgan fingerprint density at radius 3 is 2.31 bits per heavy atom. The monoisotopic (exact) mass is 181 g/mol. The molecule has 0 amide bonds. The average molecular weight is 181 g/mol. The van der Waals surface area contributed by atoms with Gasteiger partial charge in [0.05, 0.1) is 0 Å². The Labute approximate surface area is 77.9 Å². The lowest BCUT2D eigenvalue weighted by Crippen LogP contribution is -2.13. The van der Waals surface area contributed by atoms with E-state index in [4.69, 9.17) is 9.47 Å². The van der Waals surface area contributed by atoms with Crippen LogP contribution in [0.2, 0.25) is 0 Å². The first-order chi connectivity index (χ1) is 6.29. The van der Waals surface area contributed by atoms with Crippen molar-refractivity contribution in [3.8, 4) is 0 Å². The van der Waals surface area contributed by atoms with Gasteiger partial charge in [0.2, 0.25) is 0 Å². The van der Waals surface area contributed by atoms with Crippen molar-refractivity contribution in [2.24, 2.45) is 0 Å². The number of hydrogen-bond donors (Lipinski definition) is 1. The van der Waals surface area contributed by atoms with Crippen LogP contribution < -0.4 is 0 Å². The second-order valence-corrected chi connectivity index (χ2v) is 2.57. The van der Waals surface area contributed by atoms with Crippen LogP contribution in [-0.4, -0.2) is 19.3 Å². The zero-order valence-corrected chi connectivity index (χ0v) is 7.73. The number of hydrogen-bond acceptors (Lipinski definition) is 3. The highest BCUT2D eigenvalue weighted by atomic mass is 16.6. The van der Waals surface area contributed by atoms with Crippen LogP contribution in [0, 0.1) is 6.29 Å². The van der Waals surface area contributed by atoms with Crippen LogP contribution in [0.15, 0.2) is 30.3 Å². The molecule has 1 N–H and O–H groups in total. The van der Waals surface area contributed by atoms with Crippen LogP contribution in [0.1, 0.15) is 11.7 Å². The molecule has 0 saturated heterocycles. The Kier molecular flexibility index (Phi) is 3.89. The third kappa shape index (κ3) is 2.52. The van der Waals surface area contributed by atoms with Gasteiger partial charge in [-0.25, -0.2) is 0 Å². The summed E-state index contributed by atoms with van der Waals surface area (Å²) in [5.41, 5.74) is 0.865. The third-order valence-electron chi connectivity index (χ3n) is 1.77. The van der Waals surface area contributed by atoms with Gasteiger partial charge in [-0.1, -0.05) is 30.3 Å². The molecule has 13 heavy (non-hydrogen) atoms. The molecule has 0 aliphatic rings. The Bertz CT molecular complexity index is 235. The van der Waals surface area contributed by atoms with Crippen molar-refractivity contribution < 1.29 is 14.6 Å². The van der Waals surface area contributed by atoms with E-state index in [1.165, 1.54) is 14.2 Å². The van der Waals surface area contributed by atoms with Gasteiger partial charge in [-0.15, -0.1) is 0 Å². The summed E-state index contributed by atoms with van der Waals surface area (Å²) in [6.07, 6.45) is -0.639. The molecule has 0 spiro atoms. The Morgan fingerprint density at radius 1 is 1.23 bits per heavy atom. The molecule has 1 rings (SSSR count). The summed E-state index contributed by atoms with van der Waals surface area (Å²) in [6, 6.07) is 9.39. The first kappa shape index (κ1) is 10.2. The molecule has 1 radical (unpaired) electrons. The highest BCUT2D eigenvalue weighted by Crippen LogP contribution is 2.24. The zero-order chi connectivity index (χ0) is 9.68. The second-order valence-electron chi connectivity index (χ2n) is 2.57. The number of aliphatic hydroxyl groups excluding tert-OH is 1. The lowest BCUT2D eigenvalue weighted by Gasteiger charge is -2.18. The van der Waals surface area contributed by atoms with Gasteiger partial charge in [-0.2, -0.15) is 0 Å². The van der Waals surface area contributed by atoms with Gasteiger partial charge in [0.15, 0.2) is 0 Å². The van der Waals surface area contributed by atoms with E-state index in [2.05, 4.69) is 0 Å². The molecule has 3 nitrogen and oxygen atoms in total. The molecule has 1 atom stereocenters. The van der Waals surface area contributed by atoms with E-state index in [0.29, 0.717) is 0 Å². The summed E-state index contributed by atoms with van der Waals surface area (Å²) < 4.78 is 9.78. The van der Waals surface area contributed by atoms with E-state index < -0.39 is 6.10 Å². The van der Waals surface area contributed by atoms with E-state index in [-0.39, 0.29) is 6.29 Å². The van der Waals surface area contributed by atoms with Crippen molar-refractivity contribution in [1.29, 1.82) is 0 Å². The van der Waals surface area contributed by atoms with Gasteiger partial charge in [-0.3, -0.25) is 0 Å². The quantitative estimate of drug-likeness (QED) is 0.770. The fourth-order valence-electron chi connectivity index (χ4n) is 1.11. The minimum absolute atomic E-state index is 0.131. The van der Waals surface area contributed by atoms with Gasteiger partial charge in [0.1, 0.15) is 6.10 Å². The van der Waals surface area contributed by atoms with Crippen molar-refractivity contribution in [3.05, 3.63) is 42.2 Å². The minimum atomic E-state index is -0.508. The van der Waals surface area contributed by atoms with Crippen molar-refractivity contribution in [1.82, 2.24) is 0 Å². The molecule has 1 aromatic carbocycles. The normalized spacial score (nSPS) is 13.2. The van der Waals surface area contributed by atoms with E-state index in [0.717, 1.165) is 5.56 Å². The van der Waals surface area contributed by atoms with Crippen molar-refractivity contribution in [3.63, 3.8) is 0 Å². The first-order valence-corrected chi connectivity index (χ1v) is 3.97. The number of benzene rings is 1. The van der Waals surface area contributed by atoms with Gasteiger partial charge in [0, 0.05) is 14.2 Å². The molecule has 0 saturated carbocycles. The molecule has 3 heteroatoms. The van der Waals surface area contributed by atoms with E-state index >= 15 is 0 Å². The molecule has 0 fully saturated rings. The first-order valence-electron chi connectivity index (χ1n) is 3.97. The van der Waals surface area contributed by atoms with Gasteiger partial charge in [-0.05, 0) is 5.56 Å². The lowest BCUT2D eigenvalue weighted by molar-refractivity contribution is -0.0652. The summed E-state index contributed by atoms with van der Waals surface area (Å²) in [5, 5.41) is 9.34. The number of rotatable bonds is 4. The number of ether oxygens (including phenoxy) is 2. The maximum atomic E-state index is 9.34. The highest BCUT2D eigenvalue weighted by Gasteiger charge is 2.21. The average Bonchev–Trinajstić information content (AvgIpc) is 2.20. The van der Waals surface area contributed by atoms with Crippen LogP contribution in [0.3, 0.4) is 0 Å². The molecule has 0 aliphatic carbocycles. The third-order valence-corrected chi connectivity index (χ3v) is 1.77. The molecule has 1 unspecified atom stereocenters. The fourth-order valence-corrected chi connectivity index (χ4v) is 1.11. The predicted molar refractivity (Wildman–Crippen MR) is 48.4 cm³/mol. The minimum Gasteiger partial charge on any atom is -0.371 e. The van der Waals surface area contributed by atoms with E-state index in [9.17, 15) is 5.11 Å². The van der Waals surface area contributed by atoms with Crippen LogP contribution in [0.5, 0.6) is 0 Å². The summed E-state index contributed by atoms with van der Waals surface area (Å²) in [6.45, 7) is 0. The largest absolute Gasteiger partial charge is 0.371 e. The molecule has 0 aliphatic heterocycles. The fraction of sp³-hybridized carbons (Fsp3) is 0.300. The molecule has 1 aromatic rings. The van der Waals surface area contributed by atoms with Gasteiger partial charge >= 0.3 is 0 Å². The summed E-state index contributed by atoms with van der Waals surface area (Å²) in [4.78, 5) is 0. The number of methoxy groups -OCH3 is 2. The van der Waals surface area contributed by atoms with Gasteiger partial charge in [0.25, 0.3) is 6.29 Å². The van der Waals surface area contributed by atoms with Crippen molar-refractivity contribution in [2.75, 3.05) is 14.2 Å². The summed E-state index contributed by atoms with van der Waals surface area (Å²) in [5.74, 6) is 0. The maximum absolute atomic E-state index is 9.34. The summed E-state index contributed by atoms with van der Waals surface area (Å²) in [7, 11) is 2.93. The standard InChI is InChI=1S/C10H13O3/c1-12-9(10(11)13-2)8-6-4-3-5-7-8/h3-7,9,11H,1-2H3. The van der Waals surface area contributed by atoms with Crippen LogP contribution in [0.4, 0.5) is 0 Å². The SMILES string of the molecule is CO[C](O)C(OC)c1ccccc1. The molecule has 0 aromatic heterocycles. The van der Waals surface area contributed by atoms with Crippen molar-refractivity contribution >= 4 is 0 Å². The van der Waals surface area contributed by atoms with Crippen LogP contribution in [0.25, 0.3) is 0 Å². The lowest BCUT2D eigenvalue weighted by atomic mass is 10.1. The van der Waals surface area contributed by atoms with Gasteiger partial charge < -0.3 is 14.6 Å². The molecular weight excluding hydrogens is 168 g/mol. The maximum Gasteiger partial charge on any atom is 0.255 e. The predicted octanol–water partition coefficient (Wildman–Crippen LogP) is 1.88. The topological polar surface area (TPSA) is 38.7 Å². The molecular formula is C10H13O3. The molecule has 0 bridgehead atoms. The molecule has 71 valence electrons. The Hall–Kier alpha value is -0.900. The van der Waals surface area contributed by atoms with Crippen LogP contribution in [-0.2, 0) is 9.47 Å². The number of aliphatic hydroxyl groups is 1.